The maximum Gasteiger partial charge on any atom is 0.411 e. The molecule has 1 aromatic rings. The number of ether oxygens (including phenoxy) is 1. The third-order valence-corrected chi connectivity index (χ3v) is 2.86. The van der Waals surface area contributed by atoms with E-state index in [0.29, 0.717) is 5.92 Å². The Morgan fingerprint density at radius 2 is 2.24 bits per heavy atom. The van der Waals surface area contributed by atoms with E-state index in [4.69, 9.17) is 0 Å². The molecule has 90 valence electrons. The molecule has 0 fully saturated rings. The summed E-state index contributed by atoms with van der Waals surface area (Å²) in [6, 6.07) is 5.72. The predicted octanol–water partition coefficient (Wildman–Crippen LogP) is 3.15. The van der Waals surface area contributed by atoms with E-state index in [1.54, 1.807) is 0 Å². The van der Waals surface area contributed by atoms with Crippen molar-refractivity contribution in [3.05, 3.63) is 23.8 Å². The van der Waals surface area contributed by atoms with E-state index >= 15 is 0 Å². The topological polar surface area (TPSA) is 50.7 Å². The van der Waals surface area contributed by atoms with Crippen LogP contribution in [0.15, 0.2) is 23.2 Å². The van der Waals surface area contributed by atoms with Crippen LogP contribution in [0.2, 0.25) is 0 Å². The van der Waals surface area contributed by atoms with Crippen molar-refractivity contribution in [2.45, 2.75) is 20.3 Å². The molecule has 4 heteroatoms. The molecule has 1 amide bonds. The highest BCUT2D eigenvalue weighted by Crippen LogP contribution is 2.34. The summed E-state index contributed by atoms with van der Waals surface area (Å²) in [5.74, 6) is 0.424. The lowest BCUT2D eigenvalue weighted by molar-refractivity contribution is 0.187. The minimum absolute atomic E-state index is 0.424. The normalized spacial score (nSPS) is 13.3. The highest BCUT2D eigenvalue weighted by molar-refractivity contribution is 5.99. The minimum atomic E-state index is -0.448. The number of aliphatic imine (C=N–C) groups is 1. The molecule has 0 saturated carbocycles. The van der Waals surface area contributed by atoms with Gasteiger partial charge in [0.15, 0.2) is 0 Å². The van der Waals surface area contributed by atoms with Gasteiger partial charge >= 0.3 is 6.09 Å². The summed E-state index contributed by atoms with van der Waals surface area (Å²) in [5, 5.41) is 2.72. The van der Waals surface area contributed by atoms with Gasteiger partial charge in [0, 0.05) is 23.4 Å². The number of fused-ring (bicyclic) bond motifs is 1. The highest BCUT2D eigenvalue weighted by Gasteiger charge is 2.20. The molecule has 0 aromatic heterocycles. The third kappa shape index (κ3) is 2.30. The number of anilines is 1. The molecule has 1 aliphatic rings. The van der Waals surface area contributed by atoms with Crippen LogP contribution in [-0.2, 0) is 11.2 Å². The molecule has 17 heavy (non-hydrogen) atoms. The first-order chi connectivity index (χ1) is 8.11. The summed E-state index contributed by atoms with van der Waals surface area (Å²) in [7, 11) is 1.36. The van der Waals surface area contributed by atoms with Gasteiger partial charge in [-0.3, -0.25) is 10.3 Å². The first-order valence-electron chi connectivity index (χ1n) is 5.66. The number of hydrogen-bond acceptors (Lipinski definition) is 3. The second-order valence-corrected chi connectivity index (χ2v) is 4.35. The monoisotopic (exact) mass is 232 g/mol. The molecule has 2 rings (SSSR count). The van der Waals surface area contributed by atoms with Gasteiger partial charge in [-0.1, -0.05) is 19.9 Å². The van der Waals surface area contributed by atoms with E-state index in [1.165, 1.54) is 7.11 Å². The number of methoxy groups -OCH3 is 1. The van der Waals surface area contributed by atoms with Crippen LogP contribution in [0.1, 0.15) is 19.4 Å². The summed E-state index contributed by atoms with van der Waals surface area (Å²) in [6.45, 7) is 4.25. The van der Waals surface area contributed by atoms with Gasteiger partial charge in [-0.2, -0.15) is 0 Å². The van der Waals surface area contributed by atoms with Crippen molar-refractivity contribution in [2.24, 2.45) is 10.9 Å². The maximum absolute atomic E-state index is 11.2. The quantitative estimate of drug-likeness (QED) is 0.851. The Morgan fingerprint density at radius 1 is 1.47 bits per heavy atom. The Kier molecular flexibility index (Phi) is 3.13. The van der Waals surface area contributed by atoms with Crippen LogP contribution in [0.5, 0.6) is 0 Å². The zero-order valence-electron chi connectivity index (χ0n) is 10.3. The summed E-state index contributed by atoms with van der Waals surface area (Å²) in [6.07, 6.45) is 0.351. The molecule has 1 aromatic carbocycles. The van der Waals surface area contributed by atoms with Gasteiger partial charge in [-0.15, -0.1) is 0 Å². The smallest absolute Gasteiger partial charge is 0.411 e. The number of nitrogens with one attached hydrogen (secondary N) is 1. The Bertz CT molecular complexity index is 478. The average Bonchev–Trinajstić information content (AvgIpc) is 2.74. The molecular formula is C13H16N2O2. The van der Waals surface area contributed by atoms with E-state index < -0.39 is 6.09 Å². The van der Waals surface area contributed by atoms with Crippen LogP contribution in [0, 0.1) is 5.92 Å². The summed E-state index contributed by atoms with van der Waals surface area (Å²) < 4.78 is 4.60. The third-order valence-electron chi connectivity index (χ3n) is 2.86. The summed E-state index contributed by atoms with van der Waals surface area (Å²) in [4.78, 5) is 15.8. The van der Waals surface area contributed by atoms with Gasteiger partial charge in [0.2, 0.25) is 0 Å². The Hall–Kier alpha value is -1.84. The maximum atomic E-state index is 11.2. The molecule has 0 radical (unpaired) electrons. The van der Waals surface area contributed by atoms with Crippen LogP contribution in [-0.4, -0.2) is 18.9 Å². The first kappa shape index (κ1) is 11.6. The lowest BCUT2D eigenvalue weighted by Gasteiger charge is -2.08. The largest absolute Gasteiger partial charge is 0.453 e. The number of carbonyl (C=O) groups excluding carboxylic acids is 1. The molecule has 0 spiro atoms. The van der Waals surface area contributed by atoms with Crippen molar-refractivity contribution < 1.29 is 9.53 Å². The lowest BCUT2D eigenvalue weighted by Crippen LogP contribution is -2.13. The van der Waals surface area contributed by atoms with Crippen LogP contribution in [0.25, 0.3) is 0 Å². The number of rotatable bonds is 2. The molecule has 1 N–H and O–H groups in total. The number of benzene rings is 1. The Labute approximate surface area is 101 Å². The zero-order valence-corrected chi connectivity index (χ0v) is 10.3. The minimum Gasteiger partial charge on any atom is -0.453 e. The molecule has 0 bridgehead atoms. The van der Waals surface area contributed by atoms with Crippen molar-refractivity contribution in [3.63, 3.8) is 0 Å². The summed E-state index contributed by atoms with van der Waals surface area (Å²) >= 11 is 0. The highest BCUT2D eigenvalue weighted by atomic mass is 16.5. The van der Waals surface area contributed by atoms with Crippen LogP contribution in [0.3, 0.4) is 0 Å². The Morgan fingerprint density at radius 3 is 2.88 bits per heavy atom. The van der Waals surface area contributed by atoms with Crippen molar-refractivity contribution in [1.29, 1.82) is 0 Å². The summed E-state index contributed by atoms with van der Waals surface area (Å²) in [5.41, 5.74) is 3.96. The molecule has 0 atom stereocenters. The molecular weight excluding hydrogens is 216 g/mol. The van der Waals surface area contributed by atoms with Crippen LogP contribution < -0.4 is 5.32 Å². The van der Waals surface area contributed by atoms with Gasteiger partial charge < -0.3 is 4.74 Å². The fraction of sp³-hybridized carbons (Fsp3) is 0.385. The Balaban J connectivity index is 2.27. The number of carbonyl (C=O) groups is 1. The number of nitrogens with zero attached hydrogens (tertiary/aromatic N) is 1. The van der Waals surface area contributed by atoms with E-state index in [9.17, 15) is 4.79 Å². The fourth-order valence-electron chi connectivity index (χ4n) is 1.85. The van der Waals surface area contributed by atoms with Gasteiger partial charge in [0.05, 0.1) is 12.8 Å². The first-order valence-corrected chi connectivity index (χ1v) is 5.66. The van der Waals surface area contributed by atoms with E-state index in [1.807, 2.05) is 18.2 Å². The van der Waals surface area contributed by atoms with Gasteiger partial charge in [0.1, 0.15) is 0 Å². The second-order valence-electron chi connectivity index (χ2n) is 4.35. The predicted molar refractivity (Wildman–Crippen MR) is 68.1 cm³/mol. The number of hydrogen-bond donors (Lipinski definition) is 1. The second kappa shape index (κ2) is 4.57. The molecule has 0 saturated heterocycles. The van der Waals surface area contributed by atoms with Crippen LogP contribution >= 0.6 is 0 Å². The van der Waals surface area contributed by atoms with Crippen molar-refractivity contribution in [2.75, 3.05) is 12.4 Å². The standard InChI is InChI=1S/C13H16N2O2/c1-8(2)12-7-9-10(14-12)5-4-6-11(9)15-13(16)17-3/h4-6,8H,7H2,1-3H3,(H,15,16). The van der Waals surface area contributed by atoms with Gasteiger partial charge in [-0.05, 0) is 18.1 Å². The fourth-order valence-corrected chi connectivity index (χ4v) is 1.85. The average molecular weight is 232 g/mol. The van der Waals surface area contributed by atoms with E-state index in [2.05, 4.69) is 28.9 Å². The number of amides is 1. The van der Waals surface area contributed by atoms with Gasteiger partial charge in [-0.25, -0.2) is 4.79 Å². The molecule has 4 nitrogen and oxygen atoms in total. The van der Waals surface area contributed by atoms with Crippen LogP contribution in [0.4, 0.5) is 16.2 Å². The van der Waals surface area contributed by atoms with Crippen molar-refractivity contribution >= 4 is 23.2 Å². The SMILES string of the molecule is COC(=O)Nc1cccc2c1CC(C(C)C)=N2. The van der Waals surface area contributed by atoms with E-state index in [0.717, 1.165) is 29.1 Å². The van der Waals surface area contributed by atoms with E-state index in [-0.39, 0.29) is 0 Å². The molecule has 1 aliphatic heterocycles. The van der Waals surface area contributed by atoms with Crippen molar-refractivity contribution in [1.82, 2.24) is 0 Å². The molecule has 1 heterocycles. The zero-order chi connectivity index (χ0) is 12.4. The van der Waals surface area contributed by atoms with Gasteiger partial charge in [0.25, 0.3) is 0 Å². The van der Waals surface area contributed by atoms with Crippen molar-refractivity contribution in [3.8, 4) is 0 Å². The lowest BCUT2D eigenvalue weighted by atomic mass is 10.0. The molecule has 0 unspecified atom stereocenters. The molecule has 0 aliphatic carbocycles.